The molecule has 16 heavy (non-hydrogen) atoms. The maximum Gasteiger partial charge on any atom is 0.152 e. The molecule has 2 N–H and O–H groups in total. The summed E-state index contributed by atoms with van der Waals surface area (Å²) < 4.78 is 0. The molecule has 0 heterocycles. The van der Waals surface area contributed by atoms with Gasteiger partial charge in [-0.15, -0.1) is 0 Å². The minimum absolute atomic E-state index is 0.501. The van der Waals surface area contributed by atoms with Gasteiger partial charge in [0.1, 0.15) is 0 Å². The van der Waals surface area contributed by atoms with Crippen LogP contribution in [0.3, 0.4) is 0 Å². The summed E-state index contributed by atoms with van der Waals surface area (Å²) in [5.74, 6) is 0. The van der Waals surface area contributed by atoms with E-state index in [4.69, 9.17) is 9.68 Å². The molecule has 0 fully saturated rings. The van der Waals surface area contributed by atoms with Gasteiger partial charge in [-0.3, -0.25) is 25.4 Å². The number of aldehydes is 1. The average molecular weight is 224 g/mol. The molecule has 1 aromatic carbocycles. The number of carbonyl (C=O) groups excluding carboxylic acids is 1. The van der Waals surface area contributed by atoms with Crippen molar-refractivity contribution < 1.29 is 14.5 Å². The van der Waals surface area contributed by atoms with Gasteiger partial charge in [-0.25, -0.2) is 0 Å². The van der Waals surface area contributed by atoms with Crippen molar-refractivity contribution in [3.8, 4) is 0 Å². The standard InChI is InChI=1S/C11H16N2O3/c1-3-15-12-10-7-5-6-9(8-14)11(10)13-16-4-2/h5-8,12-13H,3-4H2,1-2H3. The maximum absolute atomic E-state index is 10.9. The van der Waals surface area contributed by atoms with Crippen molar-refractivity contribution in [1.29, 1.82) is 0 Å². The number of nitrogens with one attached hydrogen (secondary N) is 2. The van der Waals surface area contributed by atoms with Gasteiger partial charge in [-0.1, -0.05) is 6.07 Å². The van der Waals surface area contributed by atoms with Gasteiger partial charge in [0, 0.05) is 5.56 Å². The first-order chi connectivity index (χ1) is 7.83. The number of benzene rings is 1. The lowest BCUT2D eigenvalue weighted by Crippen LogP contribution is -2.08. The molecule has 0 saturated heterocycles. The first-order valence-electron chi connectivity index (χ1n) is 5.17. The molecule has 0 atom stereocenters. The molecule has 1 aromatic rings. The van der Waals surface area contributed by atoms with E-state index in [0.29, 0.717) is 30.2 Å². The van der Waals surface area contributed by atoms with E-state index in [1.54, 1.807) is 18.2 Å². The van der Waals surface area contributed by atoms with E-state index in [1.807, 2.05) is 13.8 Å². The van der Waals surface area contributed by atoms with Gasteiger partial charge in [0.25, 0.3) is 0 Å². The fourth-order valence-electron chi connectivity index (χ4n) is 1.16. The fraction of sp³-hybridized carbons (Fsp3) is 0.364. The van der Waals surface area contributed by atoms with E-state index in [2.05, 4.69) is 11.0 Å². The molecule has 0 spiro atoms. The molecular weight excluding hydrogens is 208 g/mol. The average Bonchev–Trinajstić information content (AvgIpc) is 2.33. The highest BCUT2D eigenvalue weighted by molar-refractivity contribution is 5.89. The summed E-state index contributed by atoms with van der Waals surface area (Å²) in [6.45, 7) is 4.75. The van der Waals surface area contributed by atoms with Crippen LogP contribution in [-0.4, -0.2) is 19.5 Å². The van der Waals surface area contributed by atoms with Crippen molar-refractivity contribution in [3.05, 3.63) is 23.8 Å². The lowest BCUT2D eigenvalue weighted by molar-refractivity contribution is 0.112. The molecule has 1 rings (SSSR count). The Morgan fingerprint density at radius 2 is 1.88 bits per heavy atom. The molecule has 0 radical (unpaired) electrons. The summed E-state index contributed by atoms with van der Waals surface area (Å²) in [5.41, 5.74) is 7.22. The summed E-state index contributed by atoms with van der Waals surface area (Å²) in [7, 11) is 0. The Bertz CT molecular complexity index is 342. The Morgan fingerprint density at radius 1 is 1.19 bits per heavy atom. The molecule has 0 aliphatic heterocycles. The fourth-order valence-corrected chi connectivity index (χ4v) is 1.16. The Balaban J connectivity index is 2.90. The second kappa shape index (κ2) is 6.81. The second-order valence-corrected chi connectivity index (χ2v) is 2.96. The maximum atomic E-state index is 10.9. The van der Waals surface area contributed by atoms with Crippen LogP contribution in [0.4, 0.5) is 11.4 Å². The predicted molar refractivity (Wildman–Crippen MR) is 62.3 cm³/mol. The molecule has 0 bridgehead atoms. The second-order valence-electron chi connectivity index (χ2n) is 2.96. The van der Waals surface area contributed by atoms with E-state index in [-0.39, 0.29) is 0 Å². The molecule has 5 nitrogen and oxygen atoms in total. The third-order valence-corrected chi connectivity index (χ3v) is 1.87. The molecule has 0 aliphatic rings. The van der Waals surface area contributed by atoms with Crippen LogP contribution in [0, 0.1) is 0 Å². The molecule has 0 unspecified atom stereocenters. The predicted octanol–water partition coefficient (Wildman–Crippen LogP) is 2.23. The topological polar surface area (TPSA) is 59.6 Å². The van der Waals surface area contributed by atoms with Crippen LogP contribution in [0.15, 0.2) is 18.2 Å². The third kappa shape index (κ3) is 3.22. The van der Waals surface area contributed by atoms with Gasteiger partial charge in [0.05, 0.1) is 24.6 Å². The molecule has 0 aromatic heterocycles. The smallest absolute Gasteiger partial charge is 0.152 e. The highest BCUT2D eigenvalue weighted by atomic mass is 16.7. The van der Waals surface area contributed by atoms with Gasteiger partial charge in [0.2, 0.25) is 0 Å². The zero-order valence-corrected chi connectivity index (χ0v) is 9.45. The summed E-state index contributed by atoms with van der Waals surface area (Å²) in [6, 6.07) is 5.26. The van der Waals surface area contributed by atoms with Crippen molar-refractivity contribution in [2.45, 2.75) is 13.8 Å². The number of hydrogen-bond acceptors (Lipinski definition) is 5. The summed E-state index contributed by atoms with van der Waals surface area (Å²) in [5, 5.41) is 0. The van der Waals surface area contributed by atoms with Crippen LogP contribution in [0.2, 0.25) is 0 Å². The van der Waals surface area contributed by atoms with Crippen LogP contribution >= 0.6 is 0 Å². The van der Waals surface area contributed by atoms with Crippen LogP contribution < -0.4 is 11.0 Å². The van der Waals surface area contributed by atoms with E-state index in [1.165, 1.54) is 0 Å². The quantitative estimate of drug-likeness (QED) is 0.549. The van der Waals surface area contributed by atoms with E-state index in [0.717, 1.165) is 6.29 Å². The number of anilines is 2. The Hall–Kier alpha value is -1.59. The molecule has 5 heteroatoms. The summed E-state index contributed by atoms with van der Waals surface area (Å²) >= 11 is 0. The zero-order chi connectivity index (χ0) is 11.8. The summed E-state index contributed by atoms with van der Waals surface area (Å²) in [6.07, 6.45) is 0.762. The first-order valence-corrected chi connectivity index (χ1v) is 5.17. The minimum atomic E-state index is 0.501. The van der Waals surface area contributed by atoms with Crippen LogP contribution in [0.5, 0.6) is 0 Å². The Morgan fingerprint density at radius 3 is 2.50 bits per heavy atom. The lowest BCUT2D eigenvalue weighted by Gasteiger charge is -2.14. The van der Waals surface area contributed by atoms with Crippen molar-refractivity contribution in [1.82, 2.24) is 0 Å². The summed E-state index contributed by atoms with van der Waals surface area (Å²) in [4.78, 5) is 21.0. The van der Waals surface area contributed by atoms with Crippen molar-refractivity contribution >= 4 is 17.7 Å². The van der Waals surface area contributed by atoms with Crippen molar-refractivity contribution in [2.75, 3.05) is 24.2 Å². The lowest BCUT2D eigenvalue weighted by atomic mass is 10.2. The molecule has 0 saturated carbocycles. The third-order valence-electron chi connectivity index (χ3n) is 1.87. The highest BCUT2D eigenvalue weighted by Crippen LogP contribution is 2.25. The van der Waals surface area contributed by atoms with Crippen LogP contribution in [0.1, 0.15) is 24.2 Å². The van der Waals surface area contributed by atoms with Gasteiger partial charge in [0.15, 0.2) is 6.29 Å². The number of hydrogen-bond donors (Lipinski definition) is 2. The largest absolute Gasteiger partial charge is 0.298 e. The first kappa shape index (κ1) is 12.5. The van der Waals surface area contributed by atoms with E-state index in [9.17, 15) is 4.79 Å². The molecule has 88 valence electrons. The normalized spacial score (nSPS) is 9.88. The number of rotatable bonds is 7. The Labute approximate surface area is 94.7 Å². The van der Waals surface area contributed by atoms with Gasteiger partial charge < -0.3 is 0 Å². The van der Waals surface area contributed by atoms with Gasteiger partial charge in [-0.05, 0) is 26.0 Å². The Kier molecular flexibility index (Phi) is 5.31. The van der Waals surface area contributed by atoms with Crippen molar-refractivity contribution in [3.63, 3.8) is 0 Å². The number of para-hydroxylation sites is 1. The van der Waals surface area contributed by atoms with Gasteiger partial charge in [-0.2, -0.15) is 0 Å². The SMILES string of the molecule is CCONc1cccc(C=O)c1NOCC. The number of carbonyl (C=O) groups is 1. The monoisotopic (exact) mass is 224 g/mol. The van der Waals surface area contributed by atoms with Crippen LogP contribution in [-0.2, 0) is 9.68 Å². The van der Waals surface area contributed by atoms with Crippen molar-refractivity contribution in [2.24, 2.45) is 0 Å². The highest BCUT2D eigenvalue weighted by Gasteiger charge is 2.07. The minimum Gasteiger partial charge on any atom is -0.298 e. The molecular formula is C11H16N2O3. The van der Waals surface area contributed by atoms with E-state index >= 15 is 0 Å². The molecule has 0 amide bonds. The van der Waals surface area contributed by atoms with E-state index < -0.39 is 0 Å². The zero-order valence-electron chi connectivity index (χ0n) is 9.45. The molecule has 0 aliphatic carbocycles. The van der Waals surface area contributed by atoms with Gasteiger partial charge >= 0.3 is 0 Å². The van der Waals surface area contributed by atoms with Crippen LogP contribution in [0.25, 0.3) is 0 Å².